The van der Waals surface area contributed by atoms with Gasteiger partial charge in [0, 0.05) is 12.3 Å². The van der Waals surface area contributed by atoms with Gasteiger partial charge in [-0.05, 0) is 43.9 Å². The summed E-state index contributed by atoms with van der Waals surface area (Å²) >= 11 is 0. The van der Waals surface area contributed by atoms with Crippen molar-refractivity contribution in [3.05, 3.63) is 42.0 Å². The minimum atomic E-state index is -0.185. The quantitative estimate of drug-likeness (QED) is 0.575. The molecule has 0 spiro atoms. The molecule has 1 amide bonds. The molecule has 0 unspecified atom stereocenters. The lowest BCUT2D eigenvalue weighted by atomic mass is 10.0. The number of hydrogen-bond acceptors (Lipinski definition) is 2. The van der Waals surface area contributed by atoms with Gasteiger partial charge in [0.15, 0.2) is 0 Å². The SMILES string of the molecule is C=CC(=O)Nc1ccc(C)cc1CCCCCO. The van der Waals surface area contributed by atoms with Crippen LogP contribution in [0.3, 0.4) is 0 Å². The van der Waals surface area contributed by atoms with E-state index >= 15 is 0 Å². The van der Waals surface area contributed by atoms with Crippen molar-refractivity contribution in [3.63, 3.8) is 0 Å². The number of benzene rings is 1. The molecule has 18 heavy (non-hydrogen) atoms. The fourth-order valence-electron chi connectivity index (χ4n) is 1.84. The standard InChI is InChI=1S/C15H21NO2/c1-3-15(18)16-14-9-8-12(2)11-13(14)7-5-4-6-10-17/h3,8-9,11,17H,1,4-7,10H2,2H3,(H,16,18). The second kappa shape index (κ2) is 7.67. The van der Waals surface area contributed by atoms with Crippen LogP contribution in [-0.2, 0) is 11.2 Å². The number of aliphatic hydroxyl groups is 1. The van der Waals surface area contributed by atoms with Crippen LogP contribution in [-0.4, -0.2) is 17.6 Å². The Morgan fingerprint density at radius 2 is 2.17 bits per heavy atom. The summed E-state index contributed by atoms with van der Waals surface area (Å²) in [4.78, 5) is 11.3. The molecule has 98 valence electrons. The minimum absolute atomic E-state index is 0.185. The lowest BCUT2D eigenvalue weighted by Gasteiger charge is -2.11. The maximum Gasteiger partial charge on any atom is 0.247 e. The van der Waals surface area contributed by atoms with Gasteiger partial charge >= 0.3 is 0 Å². The maximum absolute atomic E-state index is 11.3. The number of anilines is 1. The molecule has 0 atom stereocenters. The van der Waals surface area contributed by atoms with E-state index < -0.39 is 0 Å². The van der Waals surface area contributed by atoms with Crippen LogP contribution >= 0.6 is 0 Å². The number of hydrogen-bond donors (Lipinski definition) is 2. The first-order chi connectivity index (χ1) is 8.67. The van der Waals surface area contributed by atoms with Crippen LogP contribution in [0, 0.1) is 6.92 Å². The normalized spacial score (nSPS) is 10.1. The Morgan fingerprint density at radius 1 is 1.39 bits per heavy atom. The Labute approximate surface area is 109 Å². The van der Waals surface area contributed by atoms with Gasteiger partial charge < -0.3 is 10.4 Å². The van der Waals surface area contributed by atoms with Gasteiger partial charge in [-0.3, -0.25) is 4.79 Å². The Morgan fingerprint density at radius 3 is 2.83 bits per heavy atom. The molecule has 0 bridgehead atoms. The summed E-state index contributed by atoms with van der Waals surface area (Å²) in [6.45, 7) is 5.73. The van der Waals surface area contributed by atoms with Gasteiger partial charge in [0.25, 0.3) is 0 Å². The third-order valence-electron chi connectivity index (χ3n) is 2.81. The molecule has 2 N–H and O–H groups in total. The molecular weight excluding hydrogens is 226 g/mol. The van der Waals surface area contributed by atoms with Crippen molar-refractivity contribution in [2.75, 3.05) is 11.9 Å². The zero-order chi connectivity index (χ0) is 13.4. The van der Waals surface area contributed by atoms with Crippen molar-refractivity contribution in [1.29, 1.82) is 0 Å². The molecule has 1 aromatic rings. The Hall–Kier alpha value is -1.61. The van der Waals surface area contributed by atoms with Gasteiger partial charge in [-0.15, -0.1) is 0 Å². The van der Waals surface area contributed by atoms with E-state index in [2.05, 4.69) is 18.0 Å². The number of carbonyl (C=O) groups is 1. The number of amides is 1. The average Bonchev–Trinajstić information content (AvgIpc) is 2.37. The first-order valence-corrected chi connectivity index (χ1v) is 6.31. The van der Waals surface area contributed by atoms with Gasteiger partial charge in [-0.25, -0.2) is 0 Å². The van der Waals surface area contributed by atoms with Crippen LogP contribution in [0.15, 0.2) is 30.9 Å². The summed E-state index contributed by atoms with van der Waals surface area (Å²) in [5, 5.41) is 11.6. The zero-order valence-corrected chi connectivity index (χ0v) is 10.9. The van der Waals surface area contributed by atoms with Crippen LogP contribution in [0.2, 0.25) is 0 Å². The molecule has 1 rings (SSSR count). The van der Waals surface area contributed by atoms with E-state index in [1.165, 1.54) is 11.6 Å². The van der Waals surface area contributed by atoms with E-state index in [4.69, 9.17) is 5.11 Å². The van der Waals surface area contributed by atoms with Crippen LogP contribution in [0.25, 0.3) is 0 Å². The van der Waals surface area contributed by atoms with Crippen molar-refractivity contribution in [2.45, 2.75) is 32.6 Å². The van der Waals surface area contributed by atoms with Crippen LogP contribution in [0.1, 0.15) is 30.4 Å². The third kappa shape index (κ3) is 4.72. The fourth-order valence-corrected chi connectivity index (χ4v) is 1.84. The Kier molecular flexibility index (Phi) is 6.15. The zero-order valence-electron chi connectivity index (χ0n) is 10.9. The van der Waals surface area contributed by atoms with Crippen molar-refractivity contribution in [1.82, 2.24) is 0 Å². The van der Waals surface area contributed by atoms with Crippen LogP contribution in [0.5, 0.6) is 0 Å². The lowest BCUT2D eigenvalue weighted by molar-refractivity contribution is -0.111. The lowest BCUT2D eigenvalue weighted by Crippen LogP contribution is -2.09. The predicted molar refractivity (Wildman–Crippen MR) is 74.6 cm³/mol. The number of unbranched alkanes of at least 4 members (excludes halogenated alkanes) is 2. The molecule has 0 saturated heterocycles. The summed E-state index contributed by atoms with van der Waals surface area (Å²) in [7, 11) is 0. The van der Waals surface area contributed by atoms with Gasteiger partial charge in [0.1, 0.15) is 0 Å². The highest BCUT2D eigenvalue weighted by Crippen LogP contribution is 2.20. The van der Waals surface area contributed by atoms with Crippen LogP contribution < -0.4 is 5.32 Å². The Balaban J connectivity index is 2.70. The van der Waals surface area contributed by atoms with Crippen molar-refractivity contribution in [3.8, 4) is 0 Å². The first kappa shape index (κ1) is 14.5. The van der Waals surface area contributed by atoms with E-state index in [1.807, 2.05) is 19.1 Å². The monoisotopic (exact) mass is 247 g/mol. The van der Waals surface area contributed by atoms with E-state index in [0.29, 0.717) is 0 Å². The van der Waals surface area contributed by atoms with Crippen molar-refractivity contribution in [2.24, 2.45) is 0 Å². The van der Waals surface area contributed by atoms with E-state index in [-0.39, 0.29) is 12.5 Å². The largest absolute Gasteiger partial charge is 0.396 e. The first-order valence-electron chi connectivity index (χ1n) is 6.31. The topological polar surface area (TPSA) is 49.3 Å². The summed E-state index contributed by atoms with van der Waals surface area (Å²) in [6.07, 6.45) is 5.03. The minimum Gasteiger partial charge on any atom is -0.396 e. The van der Waals surface area contributed by atoms with Crippen molar-refractivity contribution < 1.29 is 9.90 Å². The maximum atomic E-state index is 11.3. The summed E-state index contributed by atoms with van der Waals surface area (Å²) in [5.41, 5.74) is 3.18. The fraction of sp³-hybridized carbons (Fsp3) is 0.400. The molecule has 3 heteroatoms. The van der Waals surface area contributed by atoms with Crippen molar-refractivity contribution >= 4 is 11.6 Å². The number of nitrogens with one attached hydrogen (secondary N) is 1. The number of rotatable bonds is 7. The second-order valence-electron chi connectivity index (χ2n) is 4.39. The third-order valence-corrected chi connectivity index (χ3v) is 2.81. The number of aryl methyl sites for hydroxylation is 2. The van der Waals surface area contributed by atoms with Crippen LogP contribution in [0.4, 0.5) is 5.69 Å². The highest BCUT2D eigenvalue weighted by molar-refractivity contribution is 5.99. The Bertz CT molecular complexity index is 413. The van der Waals surface area contributed by atoms with Gasteiger partial charge in [0.05, 0.1) is 0 Å². The summed E-state index contributed by atoms with van der Waals surface area (Å²) in [5.74, 6) is -0.185. The van der Waals surface area contributed by atoms with E-state index in [0.717, 1.165) is 36.9 Å². The average molecular weight is 247 g/mol. The molecule has 0 heterocycles. The summed E-state index contributed by atoms with van der Waals surface area (Å²) < 4.78 is 0. The van der Waals surface area contributed by atoms with Gasteiger partial charge in [-0.2, -0.15) is 0 Å². The molecular formula is C15H21NO2. The molecule has 0 saturated carbocycles. The predicted octanol–water partition coefficient (Wildman–Crippen LogP) is 2.82. The van der Waals surface area contributed by atoms with Gasteiger partial charge in [-0.1, -0.05) is 30.7 Å². The molecule has 1 aromatic carbocycles. The molecule has 3 nitrogen and oxygen atoms in total. The molecule has 0 aliphatic rings. The highest BCUT2D eigenvalue weighted by atomic mass is 16.2. The molecule has 0 aliphatic heterocycles. The molecule has 0 fully saturated rings. The number of carbonyl (C=O) groups excluding carboxylic acids is 1. The smallest absolute Gasteiger partial charge is 0.247 e. The molecule has 0 radical (unpaired) electrons. The second-order valence-corrected chi connectivity index (χ2v) is 4.39. The molecule has 0 aromatic heterocycles. The number of aliphatic hydroxyl groups excluding tert-OH is 1. The van der Waals surface area contributed by atoms with Gasteiger partial charge in [0.2, 0.25) is 5.91 Å². The summed E-state index contributed by atoms with van der Waals surface area (Å²) in [6, 6.07) is 6.01. The van der Waals surface area contributed by atoms with E-state index in [9.17, 15) is 4.79 Å². The van der Waals surface area contributed by atoms with E-state index in [1.54, 1.807) is 0 Å². The highest BCUT2D eigenvalue weighted by Gasteiger charge is 2.05. The molecule has 0 aliphatic carbocycles.